The van der Waals surface area contributed by atoms with Crippen LogP contribution in [0.4, 0.5) is 0 Å². The Hall–Kier alpha value is -2.25. The van der Waals surface area contributed by atoms with Crippen LogP contribution in [0.15, 0.2) is 48.5 Å². The van der Waals surface area contributed by atoms with Crippen molar-refractivity contribution in [3.8, 4) is 11.5 Å². The van der Waals surface area contributed by atoms with Crippen molar-refractivity contribution in [1.82, 2.24) is 0 Å². The van der Waals surface area contributed by atoms with E-state index in [9.17, 15) is 0 Å². The molecule has 2 heterocycles. The van der Waals surface area contributed by atoms with Crippen LogP contribution >= 0.6 is 0 Å². The molecule has 6 nitrogen and oxygen atoms in total. The van der Waals surface area contributed by atoms with Gasteiger partial charge in [0.1, 0.15) is 11.5 Å². The quantitative estimate of drug-likeness (QED) is 0.371. The maximum Gasteiger partial charge on any atom is 0.495 e. The molecule has 0 radical (unpaired) electrons. The van der Waals surface area contributed by atoms with Gasteiger partial charge in [-0.25, -0.2) is 0 Å². The van der Waals surface area contributed by atoms with Gasteiger partial charge in [-0.2, -0.15) is 0 Å². The summed E-state index contributed by atoms with van der Waals surface area (Å²) in [6.45, 7) is 16.4. The van der Waals surface area contributed by atoms with E-state index in [1.807, 2.05) is 48.5 Å². The summed E-state index contributed by atoms with van der Waals surface area (Å²) in [7, 11) is 2.04. The van der Waals surface area contributed by atoms with Crippen molar-refractivity contribution in [2.45, 2.75) is 77.8 Å². The van der Waals surface area contributed by atoms with Crippen molar-refractivity contribution in [3.05, 3.63) is 59.7 Å². The second-order valence-corrected chi connectivity index (χ2v) is 11.5. The molecule has 2 saturated heterocycles. The van der Waals surface area contributed by atoms with Crippen LogP contribution in [0.25, 0.3) is 10.9 Å². The van der Waals surface area contributed by atoms with Crippen molar-refractivity contribution >= 4 is 25.2 Å². The molecule has 0 amide bonds. The molecule has 2 aromatic rings. The van der Waals surface area contributed by atoms with Crippen LogP contribution < -0.4 is 9.47 Å². The minimum absolute atomic E-state index is 0.518. The summed E-state index contributed by atoms with van der Waals surface area (Å²) in [5, 5.41) is 0. The van der Waals surface area contributed by atoms with Crippen molar-refractivity contribution in [2.24, 2.45) is 0 Å². The number of hydrogen-bond acceptors (Lipinski definition) is 6. The largest absolute Gasteiger partial charge is 0.497 e. The minimum Gasteiger partial charge on any atom is -0.497 e. The first-order valence-electron chi connectivity index (χ1n) is 12.5. The molecule has 2 aliphatic rings. The van der Waals surface area contributed by atoms with Crippen LogP contribution in [0.5, 0.6) is 11.5 Å². The Balaban J connectivity index is 1.98. The highest BCUT2D eigenvalue weighted by Crippen LogP contribution is 2.47. The number of ether oxygens (including phenoxy) is 2. The molecule has 2 aliphatic heterocycles. The SMILES string of the molecule is COc1ccc(/C(B2OC(C)(C)C(C)(C)O2)=C(\B2OC(C)(C)C(C)(C)O2)c2ccc(OC)cc2)cc1. The van der Waals surface area contributed by atoms with Crippen LogP contribution in [-0.4, -0.2) is 50.9 Å². The Morgan fingerprint density at radius 3 is 0.972 bits per heavy atom. The molecule has 0 bridgehead atoms. The average Bonchev–Trinajstić information content (AvgIpc) is 3.16. The van der Waals surface area contributed by atoms with Crippen LogP contribution in [0, 0.1) is 0 Å². The predicted molar refractivity (Wildman–Crippen MR) is 145 cm³/mol. The van der Waals surface area contributed by atoms with Gasteiger partial charge in [-0.15, -0.1) is 0 Å². The van der Waals surface area contributed by atoms with Gasteiger partial charge in [0.25, 0.3) is 0 Å². The van der Waals surface area contributed by atoms with E-state index in [1.165, 1.54) is 0 Å². The zero-order valence-electron chi connectivity index (χ0n) is 23.2. The highest BCUT2D eigenvalue weighted by Gasteiger charge is 2.57. The molecular formula is C28H38B2O6. The maximum atomic E-state index is 6.60. The summed E-state index contributed by atoms with van der Waals surface area (Å²) < 4.78 is 37.3. The van der Waals surface area contributed by atoms with E-state index in [0.717, 1.165) is 33.6 Å². The first-order chi connectivity index (χ1) is 16.7. The second kappa shape index (κ2) is 9.25. The summed E-state index contributed by atoms with van der Waals surface area (Å²) in [6, 6.07) is 15.9. The van der Waals surface area contributed by atoms with E-state index in [2.05, 4.69) is 55.4 Å². The third-order valence-electron chi connectivity index (χ3n) is 8.07. The zero-order chi connectivity index (χ0) is 26.5. The molecule has 0 N–H and O–H groups in total. The Morgan fingerprint density at radius 1 is 0.500 bits per heavy atom. The van der Waals surface area contributed by atoms with Crippen LogP contribution in [0.1, 0.15) is 66.5 Å². The highest BCUT2D eigenvalue weighted by atomic mass is 16.7. The molecule has 36 heavy (non-hydrogen) atoms. The van der Waals surface area contributed by atoms with Gasteiger partial charge in [0.05, 0.1) is 36.6 Å². The molecule has 0 aromatic heterocycles. The molecule has 4 rings (SSSR count). The predicted octanol–water partition coefficient (Wildman–Crippen LogP) is 5.88. The van der Waals surface area contributed by atoms with Crippen molar-refractivity contribution in [1.29, 1.82) is 0 Å². The Bertz CT molecular complexity index is 998. The van der Waals surface area contributed by atoms with Gasteiger partial charge < -0.3 is 28.1 Å². The van der Waals surface area contributed by atoms with Crippen LogP contribution in [-0.2, 0) is 18.6 Å². The van der Waals surface area contributed by atoms with Crippen molar-refractivity contribution in [2.75, 3.05) is 14.2 Å². The zero-order valence-corrected chi connectivity index (χ0v) is 23.2. The summed E-state index contributed by atoms with van der Waals surface area (Å²) in [6.07, 6.45) is 0. The molecule has 0 aliphatic carbocycles. The van der Waals surface area contributed by atoms with E-state index in [4.69, 9.17) is 28.1 Å². The van der Waals surface area contributed by atoms with Crippen molar-refractivity contribution < 1.29 is 28.1 Å². The highest BCUT2D eigenvalue weighted by molar-refractivity contribution is 6.82. The Morgan fingerprint density at radius 2 is 0.750 bits per heavy atom. The first kappa shape index (κ1) is 26.8. The lowest BCUT2D eigenvalue weighted by molar-refractivity contribution is 0.00578. The Labute approximate surface area is 216 Å². The standard InChI is InChI=1S/C28H38B2O6/c1-25(2)26(3,4)34-29(33-25)23(19-11-15-21(31-9)16-12-19)24(20-13-17-22(32-10)18-14-20)30-35-27(5,6)28(7,8)36-30/h11-18H,1-10H3/b24-23+. The molecule has 0 saturated carbocycles. The molecule has 192 valence electrons. The normalized spacial score (nSPS) is 22.4. The fraction of sp³-hybridized carbons (Fsp3) is 0.500. The third kappa shape index (κ3) is 4.72. The van der Waals surface area contributed by atoms with Crippen molar-refractivity contribution in [3.63, 3.8) is 0 Å². The number of hydrogen-bond donors (Lipinski definition) is 0. The Kier molecular flexibility index (Phi) is 6.88. The van der Waals surface area contributed by atoms with Gasteiger partial charge in [0.15, 0.2) is 0 Å². The van der Waals surface area contributed by atoms with Crippen LogP contribution in [0.2, 0.25) is 0 Å². The topological polar surface area (TPSA) is 55.4 Å². The first-order valence-corrected chi connectivity index (χ1v) is 12.5. The third-order valence-corrected chi connectivity index (χ3v) is 8.07. The molecule has 8 heteroatoms. The molecule has 2 aromatic carbocycles. The van der Waals surface area contributed by atoms with E-state index in [0.29, 0.717) is 0 Å². The summed E-state index contributed by atoms with van der Waals surface area (Å²) in [5.74, 6) is 1.54. The summed E-state index contributed by atoms with van der Waals surface area (Å²) in [4.78, 5) is 0. The molecular weight excluding hydrogens is 454 g/mol. The molecule has 0 spiro atoms. The van der Waals surface area contributed by atoms with Gasteiger partial charge in [0.2, 0.25) is 0 Å². The summed E-state index contributed by atoms with van der Waals surface area (Å²) >= 11 is 0. The number of benzene rings is 2. The van der Waals surface area contributed by atoms with Gasteiger partial charge in [-0.3, -0.25) is 0 Å². The number of methoxy groups -OCH3 is 2. The lowest BCUT2D eigenvalue weighted by Gasteiger charge is -2.32. The van der Waals surface area contributed by atoms with E-state index < -0.39 is 36.6 Å². The van der Waals surface area contributed by atoms with Crippen LogP contribution in [0.3, 0.4) is 0 Å². The lowest BCUT2D eigenvalue weighted by Crippen LogP contribution is -2.41. The maximum absolute atomic E-state index is 6.60. The average molecular weight is 492 g/mol. The van der Waals surface area contributed by atoms with Gasteiger partial charge in [0, 0.05) is 0 Å². The monoisotopic (exact) mass is 492 g/mol. The lowest BCUT2D eigenvalue weighted by atomic mass is 9.60. The van der Waals surface area contributed by atoms with Gasteiger partial charge in [-0.05, 0) is 102 Å². The molecule has 2 fully saturated rings. The fourth-order valence-electron chi connectivity index (χ4n) is 4.30. The van der Waals surface area contributed by atoms with E-state index >= 15 is 0 Å². The fourth-order valence-corrected chi connectivity index (χ4v) is 4.30. The molecule has 0 unspecified atom stereocenters. The van der Waals surface area contributed by atoms with Gasteiger partial charge in [-0.1, -0.05) is 24.3 Å². The molecule has 0 atom stereocenters. The smallest absolute Gasteiger partial charge is 0.495 e. The number of rotatable bonds is 6. The summed E-state index contributed by atoms with van der Waals surface area (Å²) in [5.41, 5.74) is 1.53. The van der Waals surface area contributed by atoms with E-state index in [-0.39, 0.29) is 0 Å². The second-order valence-electron chi connectivity index (χ2n) is 11.5. The van der Waals surface area contributed by atoms with Gasteiger partial charge >= 0.3 is 14.2 Å². The minimum atomic E-state index is -0.639. The van der Waals surface area contributed by atoms with E-state index in [1.54, 1.807) is 14.2 Å².